The minimum absolute atomic E-state index is 0.0806. The zero-order chi connectivity index (χ0) is 14.8. The standard InChI is InChI=1S/C15H18ClN3O2/c16-10-5-1-2-6-11(10)18-15(21)19-9-14(20)17-12-7-3-4-8-13(12)19/h1-2,5-6,12-13H,3-4,7-9H2,(H,17,20)(H,18,21)/t12-,13+/m0/s1. The molecule has 5 nitrogen and oxygen atoms in total. The van der Waals surface area contributed by atoms with Crippen LogP contribution in [0.1, 0.15) is 25.7 Å². The first-order valence-electron chi connectivity index (χ1n) is 7.26. The smallest absolute Gasteiger partial charge is 0.322 e. The summed E-state index contributed by atoms with van der Waals surface area (Å²) in [5.74, 6) is -0.0903. The molecule has 0 unspecified atom stereocenters. The molecule has 1 heterocycles. The van der Waals surface area contributed by atoms with Crippen molar-refractivity contribution in [3.05, 3.63) is 29.3 Å². The lowest BCUT2D eigenvalue weighted by molar-refractivity contribution is -0.126. The second-order valence-corrected chi connectivity index (χ2v) is 5.97. The SMILES string of the molecule is O=C1CN(C(=O)Nc2ccccc2Cl)[C@@H]2CCCC[C@@H]2N1. The molecule has 1 saturated carbocycles. The minimum Gasteiger partial charge on any atom is -0.350 e. The van der Waals surface area contributed by atoms with Gasteiger partial charge in [-0.25, -0.2) is 4.79 Å². The van der Waals surface area contributed by atoms with Crippen LogP contribution in [0.15, 0.2) is 24.3 Å². The number of carbonyl (C=O) groups is 2. The van der Waals surface area contributed by atoms with Crippen LogP contribution in [0.5, 0.6) is 0 Å². The van der Waals surface area contributed by atoms with Gasteiger partial charge in [0.1, 0.15) is 6.54 Å². The van der Waals surface area contributed by atoms with Crippen molar-refractivity contribution in [2.75, 3.05) is 11.9 Å². The van der Waals surface area contributed by atoms with Gasteiger partial charge >= 0.3 is 6.03 Å². The number of amides is 3. The molecule has 2 aliphatic rings. The molecule has 0 aromatic heterocycles. The molecule has 3 amide bonds. The second kappa shape index (κ2) is 5.93. The predicted molar refractivity (Wildman–Crippen MR) is 81.4 cm³/mol. The Balaban J connectivity index is 1.76. The van der Waals surface area contributed by atoms with Crippen molar-refractivity contribution >= 4 is 29.2 Å². The zero-order valence-electron chi connectivity index (χ0n) is 11.6. The molecule has 1 aliphatic heterocycles. The Morgan fingerprint density at radius 3 is 2.86 bits per heavy atom. The Morgan fingerprint density at radius 2 is 2.05 bits per heavy atom. The van der Waals surface area contributed by atoms with Crippen LogP contribution in [0.3, 0.4) is 0 Å². The first-order valence-corrected chi connectivity index (χ1v) is 7.64. The van der Waals surface area contributed by atoms with Crippen molar-refractivity contribution in [1.29, 1.82) is 0 Å². The monoisotopic (exact) mass is 307 g/mol. The van der Waals surface area contributed by atoms with Crippen molar-refractivity contribution in [2.24, 2.45) is 0 Å². The van der Waals surface area contributed by atoms with E-state index >= 15 is 0 Å². The van der Waals surface area contributed by atoms with Crippen LogP contribution < -0.4 is 10.6 Å². The molecule has 0 radical (unpaired) electrons. The molecule has 0 spiro atoms. The van der Waals surface area contributed by atoms with Gasteiger partial charge in [0.05, 0.1) is 16.8 Å². The van der Waals surface area contributed by atoms with Crippen LogP contribution in [0.2, 0.25) is 5.02 Å². The number of nitrogens with one attached hydrogen (secondary N) is 2. The summed E-state index contributed by atoms with van der Waals surface area (Å²) in [4.78, 5) is 25.9. The summed E-state index contributed by atoms with van der Waals surface area (Å²) >= 11 is 6.06. The van der Waals surface area contributed by atoms with Gasteiger partial charge in [-0.3, -0.25) is 4.79 Å². The summed E-state index contributed by atoms with van der Waals surface area (Å²) in [6, 6.07) is 7.01. The summed E-state index contributed by atoms with van der Waals surface area (Å²) < 4.78 is 0. The first kappa shape index (κ1) is 14.2. The van der Waals surface area contributed by atoms with Crippen LogP contribution in [0.25, 0.3) is 0 Å². The number of halogens is 1. The lowest BCUT2D eigenvalue weighted by Crippen LogP contribution is -2.63. The van der Waals surface area contributed by atoms with Crippen molar-refractivity contribution in [1.82, 2.24) is 10.2 Å². The molecule has 1 saturated heterocycles. The number of hydrogen-bond acceptors (Lipinski definition) is 2. The number of hydrogen-bond donors (Lipinski definition) is 2. The number of piperazine rings is 1. The summed E-state index contributed by atoms with van der Waals surface area (Å²) in [6.07, 6.45) is 4.06. The molecule has 2 atom stereocenters. The largest absolute Gasteiger partial charge is 0.350 e. The highest BCUT2D eigenvalue weighted by molar-refractivity contribution is 6.33. The van der Waals surface area contributed by atoms with Gasteiger partial charge in [-0.1, -0.05) is 36.6 Å². The van der Waals surface area contributed by atoms with Crippen LogP contribution >= 0.6 is 11.6 Å². The Morgan fingerprint density at radius 1 is 1.29 bits per heavy atom. The number of benzene rings is 1. The number of urea groups is 1. The zero-order valence-corrected chi connectivity index (χ0v) is 12.4. The van der Waals surface area contributed by atoms with Gasteiger partial charge in [0.15, 0.2) is 0 Å². The average Bonchev–Trinajstić information content (AvgIpc) is 2.48. The molecule has 0 bridgehead atoms. The number of anilines is 1. The molecule has 2 N–H and O–H groups in total. The van der Waals surface area contributed by atoms with E-state index < -0.39 is 0 Å². The number of carbonyl (C=O) groups excluding carboxylic acids is 2. The summed E-state index contributed by atoms with van der Waals surface area (Å²) in [6.45, 7) is 0.109. The molecule has 1 aliphatic carbocycles. The lowest BCUT2D eigenvalue weighted by Gasteiger charge is -2.43. The Hall–Kier alpha value is -1.75. The van der Waals surface area contributed by atoms with Gasteiger partial charge in [0.25, 0.3) is 0 Å². The highest BCUT2D eigenvalue weighted by Gasteiger charge is 2.38. The fourth-order valence-electron chi connectivity index (χ4n) is 3.15. The Labute approximate surface area is 128 Å². The molecular weight excluding hydrogens is 290 g/mol. The molecule has 112 valence electrons. The Kier molecular flexibility index (Phi) is 4.01. The third kappa shape index (κ3) is 2.97. The lowest BCUT2D eigenvalue weighted by atomic mass is 9.87. The molecule has 2 fully saturated rings. The third-order valence-corrected chi connectivity index (χ3v) is 4.50. The molecule has 21 heavy (non-hydrogen) atoms. The van der Waals surface area contributed by atoms with E-state index in [0.29, 0.717) is 10.7 Å². The van der Waals surface area contributed by atoms with Crippen molar-refractivity contribution in [2.45, 2.75) is 37.8 Å². The maximum absolute atomic E-state index is 12.5. The molecule has 3 rings (SSSR count). The third-order valence-electron chi connectivity index (χ3n) is 4.17. The van der Waals surface area contributed by atoms with E-state index in [1.54, 1.807) is 17.0 Å². The molecule has 1 aromatic rings. The maximum Gasteiger partial charge on any atom is 0.322 e. The predicted octanol–water partition coefficient (Wildman–Crippen LogP) is 2.61. The Bertz CT molecular complexity index is 564. The minimum atomic E-state index is -0.255. The van der Waals surface area contributed by atoms with E-state index in [-0.39, 0.29) is 30.6 Å². The first-order chi connectivity index (χ1) is 10.1. The van der Waals surface area contributed by atoms with Gasteiger partial charge in [-0.2, -0.15) is 0 Å². The maximum atomic E-state index is 12.5. The van der Waals surface area contributed by atoms with Crippen molar-refractivity contribution in [3.63, 3.8) is 0 Å². The van der Waals surface area contributed by atoms with E-state index in [4.69, 9.17) is 11.6 Å². The van der Waals surface area contributed by atoms with Gasteiger partial charge in [0.2, 0.25) is 5.91 Å². The highest BCUT2D eigenvalue weighted by Crippen LogP contribution is 2.27. The molecule has 1 aromatic carbocycles. The second-order valence-electron chi connectivity index (χ2n) is 5.56. The van der Waals surface area contributed by atoms with Crippen molar-refractivity contribution in [3.8, 4) is 0 Å². The molecular formula is C15H18ClN3O2. The number of rotatable bonds is 1. The van der Waals surface area contributed by atoms with Crippen LogP contribution in [-0.4, -0.2) is 35.5 Å². The van der Waals surface area contributed by atoms with Gasteiger partial charge in [-0.15, -0.1) is 0 Å². The van der Waals surface area contributed by atoms with Crippen LogP contribution in [0, 0.1) is 0 Å². The highest BCUT2D eigenvalue weighted by atomic mass is 35.5. The number of nitrogens with zero attached hydrogens (tertiary/aromatic N) is 1. The van der Waals surface area contributed by atoms with Gasteiger partial charge in [0, 0.05) is 6.04 Å². The average molecular weight is 308 g/mol. The van der Waals surface area contributed by atoms with E-state index in [9.17, 15) is 9.59 Å². The number of para-hydroxylation sites is 1. The van der Waals surface area contributed by atoms with Crippen LogP contribution in [-0.2, 0) is 4.79 Å². The van der Waals surface area contributed by atoms with Gasteiger partial charge in [-0.05, 0) is 25.0 Å². The van der Waals surface area contributed by atoms with E-state index in [1.807, 2.05) is 12.1 Å². The van der Waals surface area contributed by atoms with E-state index in [1.165, 1.54) is 0 Å². The van der Waals surface area contributed by atoms with Gasteiger partial charge < -0.3 is 15.5 Å². The fraction of sp³-hybridized carbons (Fsp3) is 0.467. The number of fused-ring (bicyclic) bond motifs is 1. The fourth-order valence-corrected chi connectivity index (χ4v) is 3.33. The normalized spacial score (nSPS) is 25.0. The summed E-state index contributed by atoms with van der Waals surface area (Å²) in [5, 5.41) is 6.29. The quantitative estimate of drug-likeness (QED) is 0.838. The van der Waals surface area contributed by atoms with Crippen molar-refractivity contribution < 1.29 is 9.59 Å². The summed E-state index contributed by atoms with van der Waals surface area (Å²) in [5.41, 5.74) is 0.572. The molecule has 6 heteroatoms. The van der Waals surface area contributed by atoms with E-state index in [0.717, 1.165) is 25.7 Å². The topological polar surface area (TPSA) is 61.4 Å². The van der Waals surface area contributed by atoms with Crippen LogP contribution in [0.4, 0.5) is 10.5 Å². The van der Waals surface area contributed by atoms with E-state index in [2.05, 4.69) is 10.6 Å². The summed E-state index contributed by atoms with van der Waals surface area (Å²) in [7, 11) is 0.